The number of rotatable bonds is 6. The van der Waals surface area contributed by atoms with Gasteiger partial charge in [0, 0.05) is 0 Å². The predicted octanol–water partition coefficient (Wildman–Crippen LogP) is 5.67. The summed E-state index contributed by atoms with van der Waals surface area (Å²) in [4.78, 5) is 0. The molecule has 99 valence electrons. The summed E-state index contributed by atoms with van der Waals surface area (Å²) in [5.41, 5.74) is 3.14. The lowest BCUT2D eigenvalue weighted by atomic mass is 9.83. The first-order valence-electron chi connectivity index (χ1n) is 7.78. The molecule has 1 aliphatic rings. The molecule has 18 heavy (non-hydrogen) atoms. The lowest BCUT2D eigenvalue weighted by molar-refractivity contribution is 0.443. The molecule has 1 aromatic rings. The van der Waals surface area contributed by atoms with Crippen LogP contribution in [-0.4, -0.2) is 0 Å². The Kier molecular flexibility index (Phi) is 5.77. The minimum atomic E-state index is 0.846. The van der Waals surface area contributed by atoms with Crippen molar-refractivity contribution in [2.75, 3.05) is 0 Å². The summed E-state index contributed by atoms with van der Waals surface area (Å²) in [6.07, 6.45) is 13.4. The molecule has 0 aromatic heterocycles. The third-order valence-corrected chi connectivity index (χ3v) is 4.24. The van der Waals surface area contributed by atoms with E-state index in [1.807, 2.05) is 0 Å². The average Bonchev–Trinajstić information content (AvgIpc) is 2.45. The fourth-order valence-corrected chi connectivity index (χ4v) is 3.12. The van der Waals surface area contributed by atoms with Crippen LogP contribution in [0.25, 0.3) is 0 Å². The second-order valence-corrected chi connectivity index (χ2v) is 5.74. The van der Waals surface area contributed by atoms with Crippen LogP contribution in [0.3, 0.4) is 0 Å². The molecule has 0 nitrogen and oxygen atoms in total. The van der Waals surface area contributed by atoms with Crippen molar-refractivity contribution in [1.82, 2.24) is 0 Å². The Labute approximate surface area is 113 Å². The summed E-state index contributed by atoms with van der Waals surface area (Å²) in [5, 5.41) is 0. The van der Waals surface area contributed by atoms with Gasteiger partial charge in [-0.1, -0.05) is 69.7 Å². The molecule has 2 rings (SSSR count). The molecule has 1 aliphatic carbocycles. The van der Waals surface area contributed by atoms with E-state index in [0.29, 0.717) is 0 Å². The van der Waals surface area contributed by atoms with Crippen molar-refractivity contribution < 1.29 is 0 Å². The maximum atomic E-state index is 3.91. The molecule has 0 spiro atoms. The lowest BCUT2D eigenvalue weighted by Crippen LogP contribution is -2.04. The first kappa shape index (κ1) is 13.6. The second-order valence-electron chi connectivity index (χ2n) is 5.74. The lowest BCUT2D eigenvalue weighted by Gasteiger charge is -2.22. The zero-order chi connectivity index (χ0) is 12.6. The Bertz CT molecular complexity index is 334. The molecule has 0 unspecified atom stereocenters. The molecule has 1 fully saturated rings. The molecule has 1 radical (unpaired) electrons. The third kappa shape index (κ3) is 4.15. The van der Waals surface area contributed by atoms with Gasteiger partial charge in [-0.2, -0.15) is 0 Å². The van der Waals surface area contributed by atoms with E-state index in [2.05, 4.69) is 31.2 Å². The highest BCUT2D eigenvalue weighted by atomic mass is 14.2. The highest BCUT2D eigenvalue weighted by Gasteiger charge is 2.15. The number of hydrogen-bond acceptors (Lipinski definition) is 0. The zero-order valence-corrected chi connectivity index (χ0v) is 11.7. The molecule has 0 aliphatic heterocycles. The molecule has 0 atom stereocenters. The predicted molar refractivity (Wildman–Crippen MR) is 79.8 cm³/mol. The largest absolute Gasteiger partial charge is 0.0617 e. The maximum absolute atomic E-state index is 3.91. The van der Waals surface area contributed by atoms with Gasteiger partial charge in [-0.25, -0.2) is 0 Å². The van der Waals surface area contributed by atoms with Gasteiger partial charge in [-0.05, 0) is 42.7 Å². The van der Waals surface area contributed by atoms with Crippen LogP contribution in [0.5, 0.6) is 0 Å². The normalized spacial score (nSPS) is 16.9. The van der Waals surface area contributed by atoms with Crippen molar-refractivity contribution in [3.8, 4) is 0 Å². The number of aryl methyl sites for hydroxylation is 1. The third-order valence-electron chi connectivity index (χ3n) is 4.24. The summed E-state index contributed by atoms with van der Waals surface area (Å²) >= 11 is 0. The van der Waals surface area contributed by atoms with E-state index < -0.39 is 0 Å². The van der Waals surface area contributed by atoms with Gasteiger partial charge in [-0.15, -0.1) is 0 Å². The Balaban J connectivity index is 1.88. The van der Waals surface area contributed by atoms with Gasteiger partial charge in [0.1, 0.15) is 0 Å². The number of hydrogen-bond donors (Lipinski definition) is 0. The van der Waals surface area contributed by atoms with Crippen molar-refractivity contribution in [2.24, 2.45) is 0 Å². The van der Waals surface area contributed by atoms with Crippen molar-refractivity contribution in [1.29, 1.82) is 0 Å². The smallest absolute Gasteiger partial charge is 0.0162 e. The van der Waals surface area contributed by atoms with Crippen LogP contribution in [0.4, 0.5) is 0 Å². The van der Waals surface area contributed by atoms with Crippen LogP contribution in [0, 0.1) is 6.92 Å². The van der Waals surface area contributed by atoms with Crippen LogP contribution < -0.4 is 0 Å². The summed E-state index contributed by atoms with van der Waals surface area (Å²) in [5.74, 6) is 0.846. The van der Waals surface area contributed by atoms with Gasteiger partial charge >= 0.3 is 0 Å². The number of unbranched alkanes of at least 4 members (excludes halogenated alkanes) is 3. The Morgan fingerprint density at radius 2 is 1.83 bits per heavy atom. The van der Waals surface area contributed by atoms with Crippen LogP contribution in [0.2, 0.25) is 0 Å². The monoisotopic (exact) mass is 243 g/mol. The summed E-state index contributed by atoms with van der Waals surface area (Å²) in [7, 11) is 0. The molecule has 1 saturated carbocycles. The van der Waals surface area contributed by atoms with Crippen molar-refractivity contribution >= 4 is 0 Å². The number of benzene rings is 1. The van der Waals surface area contributed by atoms with Crippen LogP contribution in [0.1, 0.15) is 74.8 Å². The van der Waals surface area contributed by atoms with Crippen LogP contribution >= 0.6 is 0 Å². The molecular weight excluding hydrogens is 216 g/mol. The van der Waals surface area contributed by atoms with Crippen molar-refractivity contribution in [3.05, 3.63) is 42.3 Å². The van der Waals surface area contributed by atoms with Crippen LogP contribution in [0.15, 0.2) is 24.3 Å². The SMILES string of the molecule is [CH2]CCCCCc1cccc(C2CCCCC2)c1. The second kappa shape index (κ2) is 7.61. The molecule has 0 heteroatoms. The minimum Gasteiger partial charge on any atom is -0.0617 e. The van der Waals surface area contributed by atoms with E-state index >= 15 is 0 Å². The van der Waals surface area contributed by atoms with E-state index in [1.54, 1.807) is 11.1 Å². The molecule has 0 N–H and O–H groups in total. The topological polar surface area (TPSA) is 0 Å². The first-order valence-corrected chi connectivity index (χ1v) is 7.78. The van der Waals surface area contributed by atoms with E-state index in [4.69, 9.17) is 0 Å². The first-order chi connectivity index (χ1) is 8.90. The van der Waals surface area contributed by atoms with Gasteiger partial charge < -0.3 is 0 Å². The average molecular weight is 243 g/mol. The van der Waals surface area contributed by atoms with E-state index in [-0.39, 0.29) is 0 Å². The van der Waals surface area contributed by atoms with Crippen LogP contribution in [-0.2, 0) is 6.42 Å². The molecule has 0 bridgehead atoms. The van der Waals surface area contributed by atoms with Gasteiger partial charge in [0.05, 0.1) is 0 Å². The van der Waals surface area contributed by atoms with Crippen molar-refractivity contribution in [2.45, 2.75) is 70.1 Å². The Hall–Kier alpha value is -0.780. The Morgan fingerprint density at radius 3 is 2.61 bits per heavy atom. The van der Waals surface area contributed by atoms with Gasteiger partial charge in [0.2, 0.25) is 0 Å². The highest BCUT2D eigenvalue weighted by molar-refractivity contribution is 5.26. The zero-order valence-electron chi connectivity index (χ0n) is 11.7. The van der Waals surface area contributed by atoms with Gasteiger partial charge in [0.15, 0.2) is 0 Å². The summed E-state index contributed by atoms with van der Waals surface area (Å²) in [6, 6.07) is 9.38. The fourth-order valence-electron chi connectivity index (χ4n) is 3.12. The molecule has 0 amide bonds. The summed E-state index contributed by atoms with van der Waals surface area (Å²) < 4.78 is 0. The van der Waals surface area contributed by atoms with Gasteiger partial charge in [0.25, 0.3) is 0 Å². The Morgan fingerprint density at radius 1 is 1.00 bits per heavy atom. The quantitative estimate of drug-likeness (QED) is 0.565. The molecule has 0 heterocycles. The summed E-state index contributed by atoms with van der Waals surface area (Å²) in [6.45, 7) is 3.91. The minimum absolute atomic E-state index is 0.846. The van der Waals surface area contributed by atoms with Gasteiger partial charge in [-0.3, -0.25) is 0 Å². The van der Waals surface area contributed by atoms with E-state index in [0.717, 1.165) is 12.3 Å². The van der Waals surface area contributed by atoms with Crippen molar-refractivity contribution in [3.63, 3.8) is 0 Å². The fraction of sp³-hybridized carbons (Fsp3) is 0.611. The van der Waals surface area contributed by atoms with E-state index in [1.165, 1.54) is 57.8 Å². The maximum Gasteiger partial charge on any atom is -0.0162 e. The van der Waals surface area contributed by atoms with E-state index in [9.17, 15) is 0 Å². The standard InChI is InChI=1S/C18H27/c1-2-3-4-6-10-16-11-9-14-18(15-16)17-12-7-5-8-13-17/h9,11,14-15,17H,1-8,10,12-13H2. The molecule has 1 aromatic carbocycles. The molecular formula is C18H27. The highest BCUT2D eigenvalue weighted by Crippen LogP contribution is 2.32. The molecule has 0 saturated heterocycles.